The van der Waals surface area contributed by atoms with Crippen LogP contribution in [0.4, 0.5) is 24.8 Å². The van der Waals surface area contributed by atoms with Crippen molar-refractivity contribution in [3.63, 3.8) is 0 Å². The number of nitrogens with zero attached hydrogens (tertiary/aromatic N) is 5. The third-order valence-corrected chi connectivity index (χ3v) is 5.25. The zero-order chi connectivity index (χ0) is 23.8. The number of aromatic nitrogens is 4. The van der Waals surface area contributed by atoms with Crippen LogP contribution < -0.4 is 5.32 Å². The van der Waals surface area contributed by atoms with E-state index in [1.54, 1.807) is 34.1 Å². The number of benzene rings is 1. The minimum absolute atomic E-state index is 0.0712. The molecule has 1 aliphatic heterocycles. The number of hydrogen-bond acceptors (Lipinski definition) is 6. The molecular formula is C22H23F3N6O2. The first-order valence-electron chi connectivity index (χ1n) is 10.2. The van der Waals surface area contributed by atoms with Crippen LogP contribution in [0, 0.1) is 6.92 Å². The molecular weight excluding hydrogens is 437 g/mol. The maximum absolute atomic E-state index is 12.9. The summed E-state index contributed by atoms with van der Waals surface area (Å²) in [7, 11) is 0. The Labute approximate surface area is 188 Å². The van der Waals surface area contributed by atoms with Crippen LogP contribution >= 0.6 is 0 Å². The van der Waals surface area contributed by atoms with E-state index in [9.17, 15) is 18.0 Å². The van der Waals surface area contributed by atoms with Gasteiger partial charge in [0.2, 0.25) is 11.9 Å². The van der Waals surface area contributed by atoms with Crippen molar-refractivity contribution in [2.24, 2.45) is 0 Å². The second-order valence-electron chi connectivity index (χ2n) is 8.51. The predicted octanol–water partition coefficient (Wildman–Crippen LogP) is 4.01. The van der Waals surface area contributed by atoms with Crippen molar-refractivity contribution >= 4 is 17.5 Å². The standard InChI is InChI=1S/C22H23F3N6O2/c1-14-6-15(8-17(7-14)28-20-26-5-4-18(29-20)22(23,24)25)16-9-27-30(10-16)11-19(32)31-13-33-12-21(31,2)3/h4-10H,11-13H2,1-3H3,(H,26,28,29). The van der Waals surface area contributed by atoms with Crippen molar-refractivity contribution in [1.29, 1.82) is 0 Å². The zero-order valence-electron chi connectivity index (χ0n) is 18.3. The summed E-state index contributed by atoms with van der Waals surface area (Å²) in [5.41, 5.74) is 1.57. The second kappa shape index (κ2) is 8.47. The first-order chi connectivity index (χ1) is 15.5. The highest BCUT2D eigenvalue weighted by Crippen LogP contribution is 2.29. The van der Waals surface area contributed by atoms with Crippen LogP contribution in [0.25, 0.3) is 11.1 Å². The molecule has 1 aromatic carbocycles. The Bertz CT molecular complexity index is 1170. The Hall–Kier alpha value is -3.47. The molecule has 1 amide bonds. The molecule has 1 aliphatic rings. The molecule has 0 unspecified atom stereocenters. The van der Waals surface area contributed by atoms with Gasteiger partial charge >= 0.3 is 6.18 Å². The van der Waals surface area contributed by atoms with E-state index in [1.807, 2.05) is 26.8 Å². The van der Waals surface area contributed by atoms with Crippen LogP contribution in [0.3, 0.4) is 0 Å². The Morgan fingerprint density at radius 3 is 2.73 bits per heavy atom. The molecule has 3 aromatic rings. The van der Waals surface area contributed by atoms with Crippen LogP contribution in [-0.4, -0.2) is 49.4 Å². The molecule has 4 rings (SSSR count). The Morgan fingerprint density at radius 2 is 2.03 bits per heavy atom. The van der Waals surface area contributed by atoms with Gasteiger partial charge < -0.3 is 15.0 Å². The van der Waals surface area contributed by atoms with Gasteiger partial charge in [-0.05, 0) is 50.1 Å². The summed E-state index contributed by atoms with van der Waals surface area (Å²) in [5.74, 6) is -0.251. The quantitative estimate of drug-likeness (QED) is 0.620. The van der Waals surface area contributed by atoms with Gasteiger partial charge in [-0.25, -0.2) is 9.97 Å². The Kier molecular flexibility index (Phi) is 5.83. The Morgan fingerprint density at radius 1 is 1.24 bits per heavy atom. The van der Waals surface area contributed by atoms with Gasteiger partial charge in [0.1, 0.15) is 19.0 Å². The predicted molar refractivity (Wildman–Crippen MR) is 114 cm³/mol. The SMILES string of the molecule is Cc1cc(Nc2nccc(C(F)(F)F)n2)cc(-c2cnn(CC(=O)N3COCC3(C)C)c2)c1. The molecule has 174 valence electrons. The molecule has 2 aromatic heterocycles. The number of rotatable bonds is 5. The van der Waals surface area contributed by atoms with Crippen molar-refractivity contribution in [2.75, 3.05) is 18.7 Å². The van der Waals surface area contributed by atoms with Crippen LogP contribution in [0.1, 0.15) is 25.1 Å². The largest absolute Gasteiger partial charge is 0.433 e. The first kappa shape index (κ1) is 22.7. The van der Waals surface area contributed by atoms with Crippen molar-refractivity contribution in [3.05, 3.63) is 54.1 Å². The lowest BCUT2D eigenvalue weighted by Crippen LogP contribution is -2.45. The number of halogens is 3. The zero-order valence-corrected chi connectivity index (χ0v) is 18.3. The maximum Gasteiger partial charge on any atom is 0.433 e. The van der Waals surface area contributed by atoms with Crippen molar-refractivity contribution in [3.8, 4) is 11.1 Å². The molecule has 0 bridgehead atoms. The number of carbonyl (C=O) groups is 1. The van der Waals surface area contributed by atoms with Gasteiger partial charge in [-0.15, -0.1) is 0 Å². The molecule has 8 nitrogen and oxygen atoms in total. The summed E-state index contributed by atoms with van der Waals surface area (Å²) < 4.78 is 45.7. The van der Waals surface area contributed by atoms with Gasteiger partial charge in [-0.1, -0.05) is 6.07 Å². The lowest BCUT2D eigenvalue weighted by atomic mass is 10.1. The molecule has 0 atom stereocenters. The van der Waals surface area contributed by atoms with E-state index in [0.29, 0.717) is 12.3 Å². The van der Waals surface area contributed by atoms with E-state index >= 15 is 0 Å². The number of hydrogen-bond donors (Lipinski definition) is 1. The van der Waals surface area contributed by atoms with E-state index in [4.69, 9.17) is 4.74 Å². The van der Waals surface area contributed by atoms with Crippen LogP contribution in [-0.2, 0) is 22.3 Å². The molecule has 0 radical (unpaired) electrons. The van der Waals surface area contributed by atoms with E-state index in [0.717, 1.165) is 29.0 Å². The van der Waals surface area contributed by atoms with Crippen LogP contribution in [0.2, 0.25) is 0 Å². The summed E-state index contributed by atoms with van der Waals surface area (Å²) in [5, 5.41) is 7.12. The number of alkyl halides is 3. The summed E-state index contributed by atoms with van der Waals surface area (Å²) in [6, 6.07) is 6.27. The minimum atomic E-state index is -4.56. The molecule has 33 heavy (non-hydrogen) atoms. The van der Waals surface area contributed by atoms with Gasteiger partial charge in [-0.3, -0.25) is 9.48 Å². The highest BCUT2D eigenvalue weighted by molar-refractivity contribution is 5.77. The average Bonchev–Trinajstić information content (AvgIpc) is 3.33. The monoisotopic (exact) mass is 460 g/mol. The Balaban J connectivity index is 1.52. The summed E-state index contributed by atoms with van der Waals surface area (Å²) >= 11 is 0. The van der Waals surface area contributed by atoms with Gasteiger partial charge in [0.15, 0.2) is 0 Å². The lowest BCUT2D eigenvalue weighted by Gasteiger charge is -2.28. The number of amides is 1. The van der Waals surface area contributed by atoms with Gasteiger partial charge in [0.05, 0.1) is 18.3 Å². The van der Waals surface area contributed by atoms with E-state index in [-0.39, 0.29) is 30.7 Å². The summed E-state index contributed by atoms with van der Waals surface area (Å²) in [6.07, 6.45) is -0.110. The fourth-order valence-electron chi connectivity index (χ4n) is 3.60. The molecule has 3 heterocycles. The first-order valence-corrected chi connectivity index (χ1v) is 10.2. The summed E-state index contributed by atoms with van der Waals surface area (Å²) in [4.78, 5) is 21.8. The van der Waals surface area contributed by atoms with Gasteiger partial charge in [0.25, 0.3) is 0 Å². The number of carbonyl (C=O) groups excluding carboxylic acids is 1. The van der Waals surface area contributed by atoms with Crippen LogP contribution in [0.5, 0.6) is 0 Å². The lowest BCUT2D eigenvalue weighted by molar-refractivity contribution is -0.141. The average molecular weight is 460 g/mol. The number of nitrogens with one attached hydrogen (secondary N) is 1. The van der Waals surface area contributed by atoms with E-state index in [1.165, 1.54) is 0 Å². The normalized spacial score (nSPS) is 15.6. The molecule has 0 saturated carbocycles. The van der Waals surface area contributed by atoms with Gasteiger partial charge in [-0.2, -0.15) is 18.3 Å². The van der Waals surface area contributed by atoms with Crippen LogP contribution in [0.15, 0.2) is 42.9 Å². The maximum atomic E-state index is 12.9. The van der Waals surface area contributed by atoms with Crippen molar-refractivity contribution in [2.45, 2.75) is 39.0 Å². The van der Waals surface area contributed by atoms with E-state index < -0.39 is 11.9 Å². The fraction of sp³-hybridized carbons (Fsp3) is 0.364. The van der Waals surface area contributed by atoms with E-state index in [2.05, 4.69) is 20.4 Å². The smallest absolute Gasteiger partial charge is 0.359 e. The highest BCUT2D eigenvalue weighted by Gasteiger charge is 2.36. The third-order valence-electron chi connectivity index (χ3n) is 5.25. The molecule has 0 aliphatic carbocycles. The molecule has 1 N–H and O–H groups in total. The highest BCUT2D eigenvalue weighted by atomic mass is 19.4. The molecule has 11 heteroatoms. The van der Waals surface area contributed by atoms with Crippen molar-refractivity contribution in [1.82, 2.24) is 24.6 Å². The third kappa shape index (κ3) is 5.14. The fourth-order valence-corrected chi connectivity index (χ4v) is 3.60. The number of anilines is 2. The second-order valence-corrected chi connectivity index (χ2v) is 8.51. The molecule has 0 spiro atoms. The van der Waals surface area contributed by atoms with Crippen molar-refractivity contribution < 1.29 is 22.7 Å². The summed E-state index contributed by atoms with van der Waals surface area (Å²) in [6.45, 7) is 6.57. The van der Waals surface area contributed by atoms with Gasteiger partial charge in [0, 0.05) is 23.6 Å². The molecule has 1 saturated heterocycles. The molecule has 1 fully saturated rings. The topological polar surface area (TPSA) is 85.2 Å². The minimum Gasteiger partial charge on any atom is -0.359 e. The number of aryl methyl sites for hydroxylation is 1. The number of ether oxygens (including phenoxy) is 1.